The second-order valence-corrected chi connectivity index (χ2v) is 8.97. The fourth-order valence-corrected chi connectivity index (χ4v) is 4.66. The van der Waals surface area contributed by atoms with Crippen LogP contribution in [0.3, 0.4) is 0 Å². The lowest BCUT2D eigenvalue weighted by Gasteiger charge is -2.34. The van der Waals surface area contributed by atoms with Gasteiger partial charge in [0, 0.05) is 13.1 Å². The van der Waals surface area contributed by atoms with Crippen molar-refractivity contribution in [2.75, 3.05) is 11.9 Å². The van der Waals surface area contributed by atoms with Crippen LogP contribution in [0.15, 0.2) is 41.3 Å². The molecular formula is C18H16Cl2N2O6S. The number of fused-ring (bicyclic) bond motifs is 1. The highest BCUT2D eigenvalue weighted by Gasteiger charge is 2.40. The first-order valence-electron chi connectivity index (χ1n) is 8.30. The number of hydrogen-bond donors (Lipinski definition) is 1. The summed E-state index contributed by atoms with van der Waals surface area (Å²) in [5, 5.41) is 9.52. The molecule has 11 heteroatoms. The Kier molecular flexibility index (Phi) is 5.66. The van der Waals surface area contributed by atoms with Crippen molar-refractivity contribution in [3.05, 3.63) is 52.0 Å². The number of carbonyl (C=O) groups excluding carboxylic acids is 1. The van der Waals surface area contributed by atoms with Gasteiger partial charge in [0.2, 0.25) is 0 Å². The average Bonchev–Trinajstić information content (AvgIpc) is 2.66. The maximum Gasteiger partial charge on any atom is 0.344 e. The van der Waals surface area contributed by atoms with Crippen molar-refractivity contribution < 1.29 is 27.9 Å². The van der Waals surface area contributed by atoms with Gasteiger partial charge in [-0.3, -0.25) is 4.90 Å². The molecule has 1 heterocycles. The molecule has 2 aromatic carbocycles. The minimum absolute atomic E-state index is 0.0930. The molecule has 0 saturated carbocycles. The maximum atomic E-state index is 13.0. The summed E-state index contributed by atoms with van der Waals surface area (Å²) in [5.74, 6) is -1.04. The lowest BCUT2D eigenvalue weighted by molar-refractivity contribution is -0.144. The van der Waals surface area contributed by atoms with Crippen molar-refractivity contribution in [3.8, 4) is 5.75 Å². The van der Waals surface area contributed by atoms with E-state index in [1.54, 1.807) is 6.07 Å². The monoisotopic (exact) mass is 458 g/mol. The normalized spacial score (nSPS) is 16.3. The number of carboxylic acids is 1. The molecule has 0 spiro atoms. The van der Waals surface area contributed by atoms with Crippen molar-refractivity contribution in [1.29, 1.82) is 0 Å². The third-order valence-corrected chi connectivity index (χ3v) is 6.84. The Morgan fingerprint density at radius 1 is 1.17 bits per heavy atom. The van der Waals surface area contributed by atoms with E-state index in [1.165, 1.54) is 44.3 Å². The van der Waals surface area contributed by atoms with Gasteiger partial charge in [-0.15, -0.1) is 0 Å². The molecule has 0 aliphatic carbocycles. The van der Waals surface area contributed by atoms with Gasteiger partial charge in [-0.25, -0.2) is 22.3 Å². The summed E-state index contributed by atoms with van der Waals surface area (Å²) in [4.78, 5) is 24.8. The van der Waals surface area contributed by atoms with Crippen LogP contribution >= 0.6 is 23.2 Å². The molecule has 0 bridgehead atoms. The third-order valence-electron chi connectivity index (χ3n) is 4.33. The van der Waals surface area contributed by atoms with E-state index < -0.39 is 28.1 Å². The van der Waals surface area contributed by atoms with E-state index in [9.17, 15) is 18.0 Å². The fraction of sp³-hybridized carbons (Fsp3) is 0.222. The largest absolute Gasteiger partial charge is 0.479 e. The van der Waals surface area contributed by atoms with Gasteiger partial charge in [0.1, 0.15) is 10.6 Å². The Bertz CT molecular complexity index is 1110. The predicted molar refractivity (Wildman–Crippen MR) is 107 cm³/mol. The molecule has 0 radical (unpaired) electrons. The van der Waals surface area contributed by atoms with Crippen LogP contribution in [-0.4, -0.2) is 43.0 Å². The lowest BCUT2D eigenvalue weighted by Crippen LogP contribution is -2.48. The quantitative estimate of drug-likeness (QED) is 0.733. The Morgan fingerprint density at radius 2 is 1.86 bits per heavy atom. The molecule has 29 heavy (non-hydrogen) atoms. The SMILES string of the molecule is C[C@@H](Oc1ccc2c(c1)N(C)C(=O)N(Cc1ccc(Cl)c(Cl)c1)S2(=O)=O)C(=O)O. The number of hydrogen-bond acceptors (Lipinski definition) is 5. The Hall–Kier alpha value is -2.49. The van der Waals surface area contributed by atoms with Crippen molar-refractivity contribution in [1.82, 2.24) is 4.31 Å². The molecule has 1 atom stereocenters. The summed E-state index contributed by atoms with van der Waals surface area (Å²) in [6.45, 7) is 1.11. The first-order chi connectivity index (χ1) is 13.5. The summed E-state index contributed by atoms with van der Waals surface area (Å²) < 4.78 is 32.1. The molecule has 3 rings (SSSR count). The summed E-state index contributed by atoms with van der Waals surface area (Å²) >= 11 is 11.9. The Morgan fingerprint density at radius 3 is 2.48 bits per heavy atom. The zero-order chi connectivity index (χ0) is 21.5. The number of benzene rings is 2. The number of urea groups is 1. The van der Waals surface area contributed by atoms with Crippen LogP contribution in [0.4, 0.5) is 10.5 Å². The van der Waals surface area contributed by atoms with Crippen molar-refractivity contribution in [2.45, 2.75) is 24.5 Å². The molecule has 0 unspecified atom stereocenters. The predicted octanol–water partition coefficient (Wildman–Crippen LogP) is 3.61. The first kappa shape index (κ1) is 21.2. The molecule has 1 N–H and O–H groups in total. The summed E-state index contributed by atoms with van der Waals surface area (Å²) in [7, 11) is -2.73. The van der Waals surface area contributed by atoms with Gasteiger partial charge in [0.25, 0.3) is 10.0 Å². The average molecular weight is 459 g/mol. The number of carboxylic acid groups (broad SMARTS) is 1. The lowest BCUT2D eigenvalue weighted by atomic mass is 10.2. The smallest absolute Gasteiger partial charge is 0.344 e. The molecule has 8 nitrogen and oxygen atoms in total. The summed E-state index contributed by atoms with van der Waals surface area (Å²) in [6.07, 6.45) is -1.14. The highest BCUT2D eigenvalue weighted by molar-refractivity contribution is 7.90. The van der Waals surface area contributed by atoms with Gasteiger partial charge in [-0.05, 0) is 36.8 Å². The van der Waals surface area contributed by atoms with Gasteiger partial charge in [0.05, 0.1) is 22.3 Å². The van der Waals surface area contributed by atoms with Gasteiger partial charge in [-0.1, -0.05) is 29.3 Å². The number of amides is 2. The van der Waals surface area contributed by atoms with E-state index in [4.69, 9.17) is 33.0 Å². The molecule has 2 amide bonds. The molecule has 2 aromatic rings. The van der Waals surface area contributed by atoms with Gasteiger partial charge < -0.3 is 9.84 Å². The number of halogens is 2. The van der Waals surface area contributed by atoms with Gasteiger partial charge in [0.15, 0.2) is 6.10 Å². The van der Waals surface area contributed by atoms with E-state index >= 15 is 0 Å². The van der Waals surface area contributed by atoms with Crippen molar-refractivity contribution in [3.63, 3.8) is 0 Å². The zero-order valence-electron chi connectivity index (χ0n) is 15.3. The number of sulfonamides is 1. The number of carbonyl (C=O) groups is 2. The van der Waals surface area contributed by atoms with E-state index in [0.717, 1.165) is 9.21 Å². The fourth-order valence-electron chi connectivity index (χ4n) is 2.75. The van der Waals surface area contributed by atoms with Crippen LogP contribution in [0, 0.1) is 0 Å². The molecule has 1 aliphatic heterocycles. The van der Waals surface area contributed by atoms with Crippen LogP contribution in [0.25, 0.3) is 0 Å². The Balaban J connectivity index is 1.98. The summed E-state index contributed by atoms with van der Waals surface area (Å²) in [5.41, 5.74) is 0.582. The van der Waals surface area contributed by atoms with Crippen molar-refractivity contribution >= 4 is 50.9 Å². The molecular weight excluding hydrogens is 443 g/mol. The number of aliphatic carboxylic acids is 1. The number of ether oxygens (including phenoxy) is 1. The highest BCUT2D eigenvalue weighted by Crippen LogP contribution is 2.37. The summed E-state index contributed by atoms with van der Waals surface area (Å²) in [6, 6.07) is 7.76. The van der Waals surface area contributed by atoms with E-state index in [-0.39, 0.29) is 27.9 Å². The van der Waals surface area contributed by atoms with E-state index in [0.29, 0.717) is 10.6 Å². The maximum absolute atomic E-state index is 13.0. The first-order valence-corrected chi connectivity index (χ1v) is 10.5. The van der Waals surface area contributed by atoms with Gasteiger partial charge >= 0.3 is 12.0 Å². The Labute approximate surface area is 177 Å². The topological polar surface area (TPSA) is 104 Å². The number of nitrogens with zero attached hydrogens (tertiary/aromatic N) is 2. The number of rotatable bonds is 5. The highest BCUT2D eigenvalue weighted by atomic mass is 35.5. The number of anilines is 1. The molecule has 154 valence electrons. The van der Waals surface area contributed by atoms with Gasteiger partial charge in [-0.2, -0.15) is 0 Å². The van der Waals surface area contributed by atoms with E-state index in [2.05, 4.69) is 0 Å². The minimum Gasteiger partial charge on any atom is -0.479 e. The second kappa shape index (κ2) is 7.74. The van der Waals surface area contributed by atoms with Crippen LogP contribution in [0.2, 0.25) is 10.0 Å². The van der Waals surface area contributed by atoms with Crippen LogP contribution in [0.1, 0.15) is 12.5 Å². The molecule has 1 aliphatic rings. The van der Waals surface area contributed by atoms with Crippen molar-refractivity contribution in [2.24, 2.45) is 0 Å². The van der Waals surface area contributed by atoms with Crippen LogP contribution < -0.4 is 9.64 Å². The van der Waals surface area contributed by atoms with Crippen LogP contribution in [0.5, 0.6) is 5.75 Å². The second-order valence-electron chi connectivity index (χ2n) is 6.33. The zero-order valence-corrected chi connectivity index (χ0v) is 17.6. The standard InChI is InChI=1S/C18H16Cl2N2O6S/c1-10(17(23)24)28-12-4-6-16-15(8-12)21(2)18(25)22(29(16,26)27)9-11-3-5-13(19)14(20)7-11/h3-8,10H,9H2,1-2H3,(H,23,24)/t10-/m1/s1. The minimum atomic E-state index is -4.15. The molecule has 0 aromatic heterocycles. The van der Waals surface area contributed by atoms with E-state index in [1.807, 2.05) is 0 Å². The molecule has 0 fully saturated rings. The molecule has 0 saturated heterocycles. The van der Waals surface area contributed by atoms with Crippen LogP contribution in [-0.2, 0) is 21.4 Å². The third kappa shape index (κ3) is 3.98.